The smallest absolute Gasteiger partial charge is 0.215 e. The number of benzene rings is 1. The molecule has 1 saturated heterocycles. The van der Waals surface area contributed by atoms with Crippen molar-refractivity contribution in [2.24, 2.45) is 5.92 Å². The Morgan fingerprint density at radius 3 is 2.39 bits per heavy atom. The van der Waals surface area contributed by atoms with E-state index in [1.807, 2.05) is 0 Å². The van der Waals surface area contributed by atoms with Crippen molar-refractivity contribution >= 4 is 10.0 Å². The monoisotopic (exact) mass is 344 g/mol. The van der Waals surface area contributed by atoms with Gasteiger partial charge in [-0.2, -0.15) is 0 Å². The molecule has 0 aromatic heterocycles. The van der Waals surface area contributed by atoms with Crippen LogP contribution in [0.3, 0.4) is 0 Å². The Labute approximate surface area is 137 Å². The first kappa shape index (κ1) is 18.3. The van der Waals surface area contributed by atoms with E-state index in [0.717, 1.165) is 13.1 Å². The average molecular weight is 344 g/mol. The SMILES string of the molecule is CC(C)C(CNS(=O)(=O)Cc1ccc(F)cc1)N1CCOCC1. The maximum Gasteiger partial charge on any atom is 0.215 e. The summed E-state index contributed by atoms with van der Waals surface area (Å²) in [4.78, 5) is 2.27. The van der Waals surface area contributed by atoms with Crippen molar-refractivity contribution in [3.8, 4) is 0 Å². The van der Waals surface area contributed by atoms with Crippen LogP contribution in [-0.4, -0.2) is 52.2 Å². The second kappa shape index (κ2) is 8.19. The van der Waals surface area contributed by atoms with Crippen molar-refractivity contribution in [2.45, 2.75) is 25.6 Å². The molecule has 7 heteroatoms. The van der Waals surface area contributed by atoms with Crippen molar-refractivity contribution in [1.82, 2.24) is 9.62 Å². The average Bonchev–Trinajstić information content (AvgIpc) is 2.50. The Hall–Kier alpha value is -1.02. The van der Waals surface area contributed by atoms with Crippen molar-refractivity contribution in [2.75, 3.05) is 32.8 Å². The maximum absolute atomic E-state index is 12.9. The quantitative estimate of drug-likeness (QED) is 0.816. The van der Waals surface area contributed by atoms with Crippen LogP contribution in [0.1, 0.15) is 19.4 Å². The van der Waals surface area contributed by atoms with Crippen LogP contribution in [0.5, 0.6) is 0 Å². The van der Waals surface area contributed by atoms with Crippen LogP contribution in [0, 0.1) is 11.7 Å². The van der Waals surface area contributed by atoms with Crippen LogP contribution in [0.25, 0.3) is 0 Å². The Morgan fingerprint density at radius 2 is 1.83 bits per heavy atom. The van der Waals surface area contributed by atoms with Gasteiger partial charge in [0.15, 0.2) is 0 Å². The van der Waals surface area contributed by atoms with Crippen LogP contribution >= 0.6 is 0 Å². The van der Waals surface area contributed by atoms with Gasteiger partial charge in [0.1, 0.15) is 5.82 Å². The zero-order valence-corrected chi connectivity index (χ0v) is 14.5. The van der Waals surface area contributed by atoms with Crippen molar-refractivity contribution in [3.63, 3.8) is 0 Å². The fourth-order valence-corrected chi connectivity index (χ4v) is 3.92. The lowest BCUT2D eigenvalue weighted by Crippen LogP contribution is -2.51. The molecule has 1 aliphatic heterocycles. The molecule has 1 unspecified atom stereocenters. The molecular weight excluding hydrogens is 319 g/mol. The van der Waals surface area contributed by atoms with E-state index in [4.69, 9.17) is 4.74 Å². The van der Waals surface area contributed by atoms with Crippen LogP contribution in [0.2, 0.25) is 0 Å². The minimum Gasteiger partial charge on any atom is -0.379 e. The van der Waals surface area contributed by atoms with E-state index >= 15 is 0 Å². The zero-order valence-electron chi connectivity index (χ0n) is 13.7. The summed E-state index contributed by atoms with van der Waals surface area (Å²) in [6.45, 7) is 7.58. The van der Waals surface area contributed by atoms with E-state index in [1.54, 1.807) is 0 Å². The summed E-state index contributed by atoms with van der Waals surface area (Å²) in [5.74, 6) is -0.172. The first-order chi connectivity index (χ1) is 10.9. The molecule has 1 atom stereocenters. The lowest BCUT2D eigenvalue weighted by atomic mass is 10.0. The number of rotatable bonds is 7. The summed E-state index contributed by atoms with van der Waals surface area (Å²) in [6.07, 6.45) is 0. The van der Waals surface area contributed by atoms with E-state index in [2.05, 4.69) is 23.5 Å². The van der Waals surface area contributed by atoms with Gasteiger partial charge in [-0.1, -0.05) is 26.0 Å². The summed E-state index contributed by atoms with van der Waals surface area (Å²) in [6, 6.07) is 5.68. The van der Waals surface area contributed by atoms with Gasteiger partial charge in [-0.05, 0) is 23.6 Å². The van der Waals surface area contributed by atoms with Gasteiger partial charge in [-0.3, -0.25) is 4.90 Å². The zero-order chi connectivity index (χ0) is 16.9. The summed E-state index contributed by atoms with van der Waals surface area (Å²) >= 11 is 0. The minimum absolute atomic E-state index is 0.138. The predicted octanol–water partition coefficient (Wildman–Crippen LogP) is 1.60. The molecule has 1 aromatic rings. The molecular formula is C16H25FN2O3S. The number of ether oxygens (including phenoxy) is 1. The molecule has 1 N–H and O–H groups in total. The van der Waals surface area contributed by atoms with Crippen LogP contribution in [0.15, 0.2) is 24.3 Å². The third-order valence-corrected chi connectivity index (χ3v) is 5.39. The molecule has 1 aliphatic rings. The molecule has 1 heterocycles. The third-order valence-electron chi connectivity index (χ3n) is 4.07. The van der Waals surface area contributed by atoms with Gasteiger partial charge < -0.3 is 4.74 Å². The molecule has 0 spiro atoms. The van der Waals surface area contributed by atoms with Crippen LogP contribution < -0.4 is 4.72 Å². The van der Waals surface area contributed by atoms with Gasteiger partial charge in [-0.25, -0.2) is 17.5 Å². The number of hydrogen-bond acceptors (Lipinski definition) is 4. The minimum atomic E-state index is -3.45. The maximum atomic E-state index is 12.9. The number of halogens is 1. The lowest BCUT2D eigenvalue weighted by molar-refractivity contribution is 0.00776. The standard InChI is InChI=1S/C16H25FN2O3S/c1-13(2)16(19-7-9-22-10-8-19)11-18-23(20,21)12-14-3-5-15(17)6-4-14/h3-6,13,16,18H,7-12H2,1-2H3. The highest BCUT2D eigenvalue weighted by Crippen LogP contribution is 2.13. The Kier molecular flexibility index (Phi) is 6.52. The van der Waals surface area contributed by atoms with E-state index in [1.165, 1.54) is 24.3 Å². The molecule has 5 nitrogen and oxygen atoms in total. The molecule has 1 fully saturated rings. The number of nitrogens with one attached hydrogen (secondary N) is 1. The number of sulfonamides is 1. The Morgan fingerprint density at radius 1 is 1.22 bits per heavy atom. The second-order valence-corrected chi connectivity index (χ2v) is 8.00. The topological polar surface area (TPSA) is 58.6 Å². The molecule has 2 rings (SSSR count). The highest BCUT2D eigenvalue weighted by atomic mass is 32.2. The van der Waals surface area contributed by atoms with E-state index in [-0.39, 0.29) is 17.6 Å². The molecule has 0 aliphatic carbocycles. The van der Waals surface area contributed by atoms with Gasteiger partial charge >= 0.3 is 0 Å². The number of hydrogen-bond donors (Lipinski definition) is 1. The predicted molar refractivity (Wildman–Crippen MR) is 88.0 cm³/mol. The molecule has 1 aromatic carbocycles. The third kappa shape index (κ3) is 5.84. The van der Waals surface area contributed by atoms with Crippen molar-refractivity contribution in [3.05, 3.63) is 35.6 Å². The second-order valence-electron chi connectivity index (χ2n) is 6.19. The molecule has 0 saturated carbocycles. The summed E-state index contributed by atoms with van der Waals surface area (Å²) in [5.41, 5.74) is 0.575. The van der Waals surface area contributed by atoms with Crippen LogP contribution in [-0.2, 0) is 20.5 Å². The summed E-state index contributed by atoms with van der Waals surface area (Å²) in [7, 11) is -3.45. The number of nitrogens with zero attached hydrogens (tertiary/aromatic N) is 1. The van der Waals surface area contributed by atoms with E-state index < -0.39 is 10.0 Å². The fraction of sp³-hybridized carbons (Fsp3) is 0.625. The van der Waals surface area contributed by atoms with E-state index in [9.17, 15) is 12.8 Å². The van der Waals surface area contributed by atoms with Gasteiger partial charge in [0.25, 0.3) is 0 Å². The lowest BCUT2D eigenvalue weighted by Gasteiger charge is -2.36. The molecule has 0 bridgehead atoms. The molecule has 0 amide bonds. The van der Waals surface area contributed by atoms with Gasteiger partial charge in [0.2, 0.25) is 10.0 Å². The highest BCUT2D eigenvalue weighted by molar-refractivity contribution is 7.88. The molecule has 130 valence electrons. The van der Waals surface area contributed by atoms with Gasteiger partial charge in [-0.15, -0.1) is 0 Å². The fourth-order valence-electron chi connectivity index (χ4n) is 2.76. The Bertz CT molecular complexity index is 584. The Balaban J connectivity index is 1.94. The van der Waals surface area contributed by atoms with E-state index in [0.29, 0.717) is 31.2 Å². The van der Waals surface area contributed by atoms with Gasteiger partial charge in [0.05, 0.1) is 19.0 Å². The van der Waals surface area contributed by atoms with Gasteiger partial charge in [0, 0.05) is 25.7 Å². The largest absolute Gasteiger partial charge is 0.379 e. The highest BCUT2D eigenvalue weighted by Gasteiger charge is 2.25. The molecule has 0 radical (unpaired) electrons. The first-order valence-corrected chi connectivity index (χ1v) is 9.56. The van der Waals surface area contributed by atoms with Crippen molar-refractivity contribution in [1.29, 1.82) is 0 Å². The normalized spacial score (nSPS) is 18.3. The summed E-state index contributed by atoms with van der Waals surface area (Å²) in [5, 5.41) is 0. The van der Waals surface area contributed by atoms with Crippen molar-refractivity contribution < 1.29 is 17.5 Å². The molecule has 23 heavy (non-hydrogen) atoms. The van der Waals surface area contributed by atoms with Crippen LogP contribution in [0.4, 0.5) is 4.39 Å². The summed E-state index contributed by atoms with van der Waals surface area (Å²) < 4.78 is 45.4. The first-order valence-electron chi connectivity index (χ1n) is 7.91. The number of morpholine rings is 1.